The number of benzene rings is 2. The summed E-state index contributed by atoms with van der Waals surface area (Å²) in [6.07, 6.45) is 1.05. The SMILES string of the molecule is CC(NC(=O)CCc1ccc(C#N)cc1)c1ccc2c(c1)OCCO2. The number of nitrogens with zero attached hydrogens (tertiary/aromatic N) is 1. The summed E-state index contributed by atoms with van der Waals surface area (Å²) in [4.78, 5) is 12.2. The standard InChI is InChI=1S/C20H20N2O3/c1-14(17-7-8-18-19(12-17)25-11-10-24-18)22-20(23)9-6-15-2-4-16(13-21)5-3-15/h2-5,7-8,12,14H,6,9-11H2,1H3,(H,22,23). The molecule has 0 fully saturated rings. The minimum Gasteiger partial charge on any atom is -0.486 e. The van der Waals surface area contributed by atoms with Gasteiger partial charge < -0.3 is 14.8 Å². The number of aryl methyl sites for hydroxylation is 1. The molecule has 0 saturated heterocycles. The van der Waals surface area contributed by atoms with Crippen molar-refractivity contribution in [3.8, 4) is 17.6 Å². The molecule has 1 amide bonds. The van der Waals surface area contributed by atoms with E-state index in [9.17, 15) is 4.79 Å². The Hall–Kier alpha value is -3.00. The van der Waals surface area contributed by atoms with Crippen molar-refractivity contribution < 1.29 is 14.3 Å². The topological polar surface area (TPSA) is 71.4 Å². The smallest absolute Gasteiger partial charge is 0.220 e. The van der Waals surface area contributed by atoms with Crippen LogP contribution in [0.15, 0.2) is 42.5 Å². The summed E-state index contributed by atoms with van der Waals surface area (Å²) in [5.41, 5.74) is 2.65. The van der Waals surface area contributed by atoms with Crippen LogP contribution in [0.5, 0.6) is 11.5 Å². The normalized spacial score (nSPS) is 13.6. The van der Waals surface area contributed by atoms with E-state index in [1.807, 2.05) is 37.3 Å². The second kappa shape index (κ2) is 7.71. The van der Waals surface area contributed by atoms with Crippen LogP contribution in [-0.4, -0.2) is 19.1 Å². The van der Waals surface area contributed by atoms with Gasteiger partial charge in [-0.2, -0.15) is 5.26 Å². The minimum absolute atomic E-state index is 0.00764. The van der Waals surface area contributed by atoms with Crippen LogP contribution in [0.2, 0.25) is 0 Å². The summed E-state index contributed by atoms with van der Waals surface area (Å²) in [5.74, 6) is 1.46. The van der Waals surface area contributed by atoms with Crippen LogP contribution in [0.3, 0.4) is 0 Å². The lowest BCUT2D eigenvalue weighted by Gasteiger charge is -2.21. The molecule has 128 valence electrons. The molecule has 1 N–H and O–H groups in total. The lowest BCUT2D eigenvalue weighted by molar-refractivity contribution is -0.121. The van der Waals surface area contributed by atoms with E-state index in [4.69, 9.17) is 14.7 Å². The van der Waals surface area contributed by atoms with Crippen molar-refractivity contribution in [1.29, 1.82) is 5.26 Å². The lowest BCUT2D eigenvalue weighted by atomic mass is 10.1. The number of nitriles is 1. The number of hydrogen-bond acceptors (Lipinski definition) is 4. The summed E-state index contributed by atoms with van der Waals surface area (Å²) in [6, 6.07) is 15.0. The average molecular weight is 336 g/mol. The number of carbonyl (C=O) groups is 1. The summed E-state index contributed by atoms with van der Waals surface area (Å²) < 4.78 is 11.1. The zero-order chi connectivity index (χ0) is 17.6. The predicted octanol–water partition coefficient (Wildman–Crippen LogP) is 3.14. The molecule has 1 atom stereocenters. The molecule has 2 aromatic rings. The van der Waals surface area contributed by atoms with Crippen LogP contribution in [0.25, 0.3) is 0 Å². The molecule has 0 aliphatic carbocycles. The van der Waals surface area contributed by atoms with Gasteiger partial charge in [-0.3, -0.25) is 4.79 Å². The summed E-state index contributed by atoms with van der Waals surface area (Å²) in [7, 11) is 0. The van der Waals surface area contributed by atoms with Gasteiger partial charge in [0.25, 0.3) is 0 Å². The van der Waals surface area contributed by atoms with Gasteiger partial charge >= 0.3 is 0 Å². The Labute approximate surface area is 147 Å². The molecule has 0 saturated carbocycles. The van der Waals surface area contributed by atoms with E-state index in [1.54, 1.807) is 12.1 Å². The molecular weight excluding hydrogens is 316 g/mol. The fourth-order valence-electron chi connectivity index (χ4n) is 2.73. The van der Waals surface area contributed by atoms with Gasteiger partial charge in [0.1, 0.15) is 13.2 Å². The van der Waals surface area contributed by atoms with Crippen molar-refractivity contribution in [2.45, 2.75) is 25.8 Å². The lowest BCUT2D eigenvalue weighted by Crippen LogP contribution is -2.27. The highest BCUT2D eigenvalue weighted by Crippen LogP contribution is 2.32. The van der Waals surface area contributed by atoms with Crippen LogP contribution in [0.4, 0.5) is 0 Å². The van der Waals surface area contributed by atoms with E-state index < -0.39 is 0 Å². The van der Waals surface area contributed by atoms with Crippen LogP contribution in [-0.2, 0) is 11.2 Å². The molecule has 1 unspecified atom stereocenters. The van der Waals surface area contributed by atoms with Crippen LogP contribution >= 0.6 is 0 Å². The maximum Gasteiger partial charge on any atom is 0.220 e. The number of carbonyl (C=O) groups excluding carboxylic acids is 1. The van der Waals surface area contributed by atoms with Crippen molar-refractivity contribution in [1.82, 2.24) is 5.32 Å². The molecule has 1 aliphatic heterocycles. The van der Waals surface area contributed by atoms with E-state index in [0.717, 1.165) is 22.6 Å². The Bertz CT molecular complexity index is 794. The van der Waals surface area contributed by atoms with E-state index in [1.165, 1.54) is 0 Å². The van der Waals surface area contributed by atoms with Crippen molar-refractivity contribution in [2.75, 3.05) is 13.2 Å². The number of amides is 1. The Balaban J connectivity index is 1.54. The highest BCUT2D eigenvalue weighted by Gasteiger charge is 2.15. The molecule has 3 rings (SSSR count). The van der Waals surface area contributed by atoms with Gasteiger partial charge in [0.15, 0.2) is 11.5 Å². The third kappa shape index (κ3) is 4.30. The first kappa shape index (κ1) is 16.8. The van der Waals surface area contributed by atoms with Gasteiger partial charge in [0.2, 0.25) is 5.91 Å². The van der Waals surface area contributed by atoms with Gasteiger partial charge in [-0.25, -0.2) is 0 Å². The second-order valence-electron chi connectivity index (χ2n) is 6.00. The van der Waals surface area contributed by atoms with Crippen LogP contribution in [0, 0.1) is 11.3 Å². The fourth-order valence-corrected chi connectivity index (χ4v) is 2.73. The van der Waals surface area contributed by atoms with E-state index in [-0.39, 0.29) is 11.9 Å². The molecule has 2 aromatic carbocycles. The predicted molar refractivity (Wildman–Crippen MR) is 93.5 cm³/mol. The van der Waals surface area contributed by atoms with Gasteiger partial charge in [-0.1, -0.05) is 18.2 Å². The van der Waals surface area contributed by atoms with Crippen molar-refractivity contribution >= 4 is 5.91 Å². The largest absolute Gasteiger partial charge is 0.486 e. The first-order valence-corrected chi connectivity index (χ1v) is 8.33. The quantitative estimate of drug-likeness (QED) is 0.910. The third-order valence-corrected chi connectivity index (χ3v) is 4.17. The van der Waals surface area contributed by atoms with E-state index in [2.05, 4.69) is 11.4 Å². The van der Waals surface area contributed by atoms with Crippen molar-refractivity contribution in [2.24, 2.45) is 0 Å². The Kier molecular flexibility index (Phi) is 5.20. The maximum atomic E-state index is 12.2. The molecule has 25 heavy (non-hydrogen) atoms. The molecule has 1 aliphatic rings. The van der Waals surface area contributed by atoms with Gasteiger partial charge in [0, 0.05) is 6.42 Å². The molecule has 1 heterocycles. The Morgan fingerprint density at radius 1 is 1.16 bits per heavy atom. The second-order valence-corrected chi connectivity index (χ2v) is 6.00. The van der Waals surface area contributed by atoms with Crippen molar-refractivity contribution in [3.05, 3.63) is 59.2 Å². The maximum absolute atomic E-state index is 12.2. The first-order valence-electron chi connectivity index (χ1n) is 8.33. The molecule has 5 nitrogen and oxygen atoms in total. The zero-order valence-electron chi connectivity index (χ0n) is 14.1. The highest BCUT2D eigenvalue weighted by atomic mass is 16.6. The molecule has 5 heteroatoms. The number of ether oxygens (including phenoxy) is 2. The van der Waals surface area contributed by atoms with E-state index in [0.29, 0.717) is 31.6 Å². The summed E-state index contributed by atoms with van der Waals surface area (Å²) in [5, 5.41) is 11.8. The van der Waals surface area contributed by atoms with Gasteiger partial charge in [-0.15, -0.1) is 0 Å². The number of nitrogens with one attached hydrogen (secondary N) is 1. The zero-order valence-corrected chi connectivity index (χ0v) is 14.1. The first-order chi connectivity index (χ1) is 12.2. The molecule has 0 radical (unpaired) electrons. The van der Waals surface area contributed by atoms with Gasteiger partial charge in [0.05, 0.1) is 17.7 Å². The molecule has 0 spiro atoms. The van der Waals surface area contributed by atoms with Crippen LogP contribution < -0.4 is 14.8 Å². The Morgan fingerprint density at radius 3 is 2.60 bits per heavy atom. The molecule has 0 bridgehead atoms. The highest BCUT2D eigenvalue weighted by molar-refractivity contribution is 5.76. The number of fused-ring (bicyclic) bond motifs is 1. The minimum atomic E-state index is -0.107. The van der Waals surface area contributed by atoms with Crippen molar-refractivity contribution in [3.63, 3.8) is 0 Å². The fraction of sp³-hybridized carbons (Fsp3) is 0.300. The third-order valence-electron chi connectivity index (χ3n) is 4.17. The summed E-state index contributed by atoms with van der Waals surface area (Å²) >= 11 is 0. The number of rotatable bonds is 5. The monoisotopic (exact) mass is 336 g/mol. The summed E-state index contributed by atoms with van der Waals surface area (Å²) in [6.45, 7) is 3.06. The molecular formula is C20H20N2O3. The average Bonchev–Trinajstić information content (AvgIpc) is 2.66. The number of hydrogen-bond donors (Lipinski definition) is 1. The van der Waals surface area contributed by atoms with Crippen LogP contribution in [0.1, 0.15) is 36.1 Å². The van der Waals surface area contributed by atoms with E-state index >= 15 is 0 Å². The van der Waals surface area contributed by atoms with Gasteiger partial charge in [-0.05, 0) is 48.7 Å². The molecule has 0 aromatic heterocycles. The Morgan fingerprint density at radius 2 is 1.88 bits per heavy atom.